The molecule has 1 aliphatic rings. The fourth-order valence-electron chi connectivity index (χ4n) is 2.23. The lowest BCUT2D eigenvalue weighted by atomic mass is 10.1. The van der Waals surface area contributed by atoms with E-state index in [0.29, 0.717) is 29.4 Å². The SMILES string of the molecule is C=C(C)COc1ccc2c(c1C)OC(=Cc1ccco1)C2=O. The Kier molecular flexibility index (Phi) is 3.59. The molecule has 0 N–H and O–H groups in total. The molecule has 0 aliphatic carbocycles. The van der Waals surface area contributed by atoms with Crippen LogP contribution in [0.5, 0.6) is 11.5 Å². The van der Waals surface area contributed by atoms with Crippen LogP contribution < -0.4 is 9.47 Å². The molecule has 2 heterocycles. The number of carbonyl (C=O) groups excluding carboxylic acids is 1. The molecule has 0 bridgehead atoms. The largest absolute Gasteiger partial charge is 0.489 e. The van der Waals surface area contributed by atoms with Crippen molar-refractivity contribution in [1.29, 1.82) is 0 Å². The van der Waals surface area contributed by atoms with Gasteiger partial charge < -0.3 is 13.9 Å². The molecule has 3 rings (SSSR count). The van der Waals surface area contributed by atoms with Crippen LogP contribution in [0.3, 0.4) is 0 Å². The number of hydrogen-bond acceptors (Lipinski definition) is 4. The Balaban J connectivity index is 1.92. The van der Waals surface area contributed by atoms with Crippen molar-refractivity contribution in [3.8, 4) is 11.5 Å². The van der Waals surface area contributed by atoms with Crippen molar-refractivity contribution in [3.63, 3.8) is 0 Å². The standard InChI is InChI=1S/C18H16O4/c1-11(2)10-21-15-7-6-14-17(19)16(22-18(14)12(15)3)9-13-5-4-8-20-13/h4-9H,1,10H2,2-3H3. The van der Waals surface area contributed by atoms with Crippen molar-refractivity contribution in [2.75, 3.05) is 6.61 Å². The summed E-state index contributed by atoms with van der Waals surface area (Å²) in [5.41, 5.74) is 2.27. The normalized spacial score (nSPS) is 14.8. The first kappa shape index (κ1) is 14.2. The number of allylic oxidation sites excluding steroid dienone is 1. The molecule has 4 nitrogen and oxygen atoms in total. The number of rotatable bonds is 4. The van der Waals surface area contributed by atoms with E-state index in [2.05, 4.69) is 6.58 Å². The van der Waals surface area contributed by atoms with E-state index in [1.54, 1.807) is 36.6 Å². The summed E-state index contributed by atoms with van der Waals surface area (Å²) < 4.78 is 16.6. The predicted octanol–water partition coefficient (Wildman–Crippen LogP) is 4.16. The van der Waals surface area contributed by atoms with E-state index in [1.807, 2.05) is 13.8 Å². The van der Waals surface area contributed by atoms with Crippen LogP contribution in [0, 0.1) is 6.92 Å². The minimum absolute atomic E-state index is 0.152. The number of ether oxygens (including phenoxy) is 2. The van der Waals surface area contributed by atoms with Gasteiger partial charge in [0, 0.05) is 11.6 Å². The molecule has 4 heteroatoms. The fraction of sp³-hybridized carbons (Fsp3) is 0.167. The molecule has 1 aliphatic heterocycles. The van der Waals surface area contributed by atoms with Crippen LogP contribution in [0.1, 0.15) is 28.6 Å². The number of ketones is 1. The lowest BCUT2D eigenvalue weighted by molar-refractivity contribution is 0.101. The maximum Gasteiger partial charge on any atom is 0.232 e. The Morgan fingerprint density at radius 3 is 2.86 bits per heavy atom. The molecule has 0 saturated carbocycles. The average molecular weight is 296 g/mol. The van der Waals surface area contributed by atoms with Crippen molar-refractivity contribution >= 4 is 11.9 Å². The van der Waals surface area contributed by atoms with Gasteiger partial charge in [0.25, 0.3) is 0 Å². The van der Waals surface area contributed by atoms with Crippen LogP contribution >= 0.6 is 0 Å². The van der Waals surface area contributed by atoms with Crippen LogP contribution in [-0.2, 0) is 0 Å². The average Bonchev–Trinajstić information content (AvgIpc) is 3.09. The molecule has 112 valence electrons. The van der Waals surface area contributed by atoms with E-state index in [0.717, 1.165) is 11.1 Å². The lowest BCUT2D eigenvalue weighted by Gasteiger charge is -2.11. The minimum atomic E-state index is -0.152. The van der Waals surface area contributed by atoms with Gasteiger partial charge in [-0.2, -0.15) is 0 Å². The molecular weight excluding hydrogens is 280 g/mol. The van der Waals surface area contributed by atoms with Crippen molar-refractivity contribution < 1.29 is 18.7 Å². The van der Waals surface area contributed by atoms with Gasteiger partial charge in [0.2, 0.25) is 5.78 Å². The van der Waals surface area contributed by atoms with E-state index in [9.17, 15) is 4.79 Å². The topological polar surface area (TPSA) is 48.7 Å². The Bertz CT molecular complexity index is 767. The first-order valence-corrected chi connectivity index (χ1v) is 6.95. The van der Waals surface area contributed by atoms with E-state index in [1.165, 1.54) is 0 Å². The number of hydrogen-bond donors (Lipinski definition) is 0. The number of Topliss-reactive ketones (excluding diaryl/α,β-unsaturated/α-hetero) is 1. The highest BCUT2D eigenvalue weighted by atomic mass is 16.5. The second kappa shape index (κ2) is 5.56. The van der Waals surface area contributed by atoms with E-state index >= 15 is 0 Å². The van der Waals surface area contributed by atoms with Gasteiger partial charge in [0.15, 0.2) is 5.76 Å². The number of benzene rings is 1. The van der Waals surface area contributed by atoms with Crippen molar-refractivity contribution in [2.24, 2.45) is 0 Å². The van der Waals surface area contributed by atoms with Crippen LogP contribution in [0.2, 0.25) is 0 Å². The quantitative estimate of drug-likeness (QED) is 0.628. The van der Waals surface area contributed by atoms with Gasteiger partial charge in [0.1, 0.15) is 23.9 Å². The molecule has 22 heavy (non-hydrogen) atoms. The van der Waals surface area contributed by atoms with Gasteiger partial charge in [-0.3, -0.25) is 4.79 Å². The summed E-state index contributed by atoms with van der Waals surface area (Å²) in [7, 11) is 0. The monoisotopic (exact) mass is 296 g/mol. The maximum absolute atomic E-state index is 12.4. The van der Waals surface area contributed by atoms with E-state index in [4.69, 9.17) is 13.9 Å². The molecule has 0 amide bonds. The number of carbonyl (C=O) groups is 1. The van der Waals surface area contributed by atoms with Gasteiger partial charge in [-0.25, -0.2) is 0 Å². The van der Waals surface area contributed by atoms with Crippen LogP contribution in [0.4, 0.5) is 0 Å². The van der Waals surface area contributed by atoms with Gasteiger partial charge in [-0.1, -0.05) is 6.58 Å². The van der Waals surface area contributed by atoms with Crippen molar-refractivity contribution in [2.45, 2.75) is 13.8 Å². The van der Waals surface area contributed by atoms with Crippen LogP contribution in [-0.4, -0.2) is 12.4 Å². The van der Waals surface area contributed by atoms with Crippen molar-refractivity contribution in [3.05, 3.63) is 65.3 Å². The molecule has 0 radical (unpaired) electrons. The molecule has 0 unspecified atom stereocenters. The fourth-order valence-corrected chi connectivity index (χ4v) is 2.23. The number of furan rings is 1. The summed E-state index contributed by atoms with van der Waals surface area (Å²) in [6, 6.07) is 7.03. The zero-order valence-corrected chi connectivity index (χ0v) is 12.5. The molecule has 0 spiro atoms. The third kappa shape index (κ3) is 2.55. The van der Waals surface area contributed by atoms with E-state index < -0.39 is 0 Å². The highest BCUT2D eigenvalue weighted by Crippen LogP contribution is 2.39. The maximum atomic E-state index is 12.4. The third-order valence-electron chi connectivity index (χ3n) is 3.33. The Labute approximate surface area is 128 Å². The smallest absolute Gasteiger partial charge is 0.232 e. The summed E-state index contributed by atoms with van der Waals surface area (Å²) in [4.78, 5) is 12.4. The second-order valence-corrected chi connectivity index (χ2v) is 5.27. The Hall–Kier alpha value is -2.75. The summed E-state index contributed by atoms with van der Waals surface area (Å²) in [6.45, 7) is 8.01. The van der Waals surface area contributed by atoms with Gasteiger partial charge in [0.05, 0.1) is 11.8 Å². The van der Waals surface area contributed by atoms with Gasteiger partial charge in [-0.05, 0) is 43.7 Å². The summed E-state index contributed by atoms with van der Waals surface area (Å²) >= 11 is 0. The predicted molar refractivity (Wildman–Crippen MR) is 83.1 cm³/mol. The molecule has 0 saturated heterocycles. The highest BCUT2D eigenvalue weighted by molar-refractivity contribution is 6.14. The zero-order valence-electron chi connectivity index (χ0n) is 12.5. The molecule has 2 aromatic rings. The van der Waals surface area contributed by atoms with Gasteiger partial charge >= 0.3 is 0 Å². The van der Waals surface area contributed by atoms with Crippen LogP contribution in [0.25, 0.3) is 6.08 Å². The first-order valence-electron chi connectivity index (χ1n) is 6.95. The molecular formula is C18H16O4. The zero-order chi connectivity index (χ0) is 15.7. The second-order valence-electron chi connectivity index (χ2n) is 5.27. The lowest BCUT2D eigenvalue weighted by Crippen LogP contribution is -2.00. The summed E-state index contributed by atoms with van der Waals surface area (Å²) in [5, 5.41) is 0. The highest BCUT2D eigenvalue weighted by Gasteiger charge is 2.30. The Morgan fingerprint density at radius 1 is 1.36 bits per heavy atom. The summed E-state index contributed by atoms with van der Waals surface area (Å²) in [5.74, 6) is 1.91. The van der Waals surface area contributed by atoms with E-state index in [-0.39, 0.29) is 11.5 Å². The first-order chi connectivity index (χ1) is 10.6. The molecule has 0 fully saturated rings. The molecule has 0 atom stereocenters. The van der Waals surface area contributed by atoms with Crippen LogP contribution in [0.15, 0.2) is 52.9 Å². The number of fused-ring (bicyclic) bond motifs is 1. The Morgan fingerprint density at radius 2 is 2.18 bits per heavy atom. The minimum Gasteiger partial charge on any atom is -0.489 e. The van der Waals surface area contributed by atoms with Crippen molar-refractivity contribution in [1.82, 2.24) is 0 Å². The summed E-state index contributed by atoms with van der Waals surface area (Å²) in [6.07, 6.45) is 3.14. The molecule has 1 aromatic heterocycles. The molecule has 1 aromatic carbocycles. The van der Waals surface area contributed by atoms with Gasteiger partial charge in [-0.15, -0.1) is 0 Å². The third-order valence-corrected chi connectivity index (χ3v) is 3.33.